The van der Waals surface area contributed by atoms with E-state index in [4.69, 9.17) is 34.9 Å². The molecule has 0 aliphatic carbocycles. The Morgan fingerprint density at radius 1 is 0.127 bits per heavy atom. The second-order valence-electron chi connectivity index (χ2n) is 37.8. The number of hydrogen-bond acceptors (Lipinski definition) is 8. The summed E-state index contributed by atoms with van der Waals surface area (Å²) in [5, 5.41) is 14.5. The highest BCUT2D eigenvalue weighted by Crippen LogP contribution is 2.45. The maximum Gasteiger partial charge on any atom is 0.164 e. The molecule has 150 heavy (non-hydrogen) atoms. The molecule has 0 bridgehead atoms. The number of fused-ring (bicyclic) bond motifs is 18. The monoisotopic (exact) mass is 1920 g/mol. The number of aromatic nitrogens is 14. The molecule has 0 atom stereocenters. The van der Waals surface area contributed by atoms with E-state index in [9.17, 15) is 0 Å². The van der Waals surface area contributed by atoms with Gasteiger partial charge in [0.25, 0.3) is 0 Å². The summed E-state index contributed by atoms with van der Waals surface area (Å²) in [6, 6.07) is 181. The molecule has 0 radical (unpaired) electrons. The van der Waals surface area contributed by atoms with Crippen molar-refractivity contribution in [2.45, 2.75) is 0 Å². The molecule has 0 amide bonds. The van der Waals surface area contributed by atoms with Crippen LogP contribution in [-0.2, 0) is 0 Å². The summed E-state index contributed by atoms with van der Waals surface area (Å²) >= 11 is 0. The fourth-order valence-corrected chi connectivity index (χ4v) is 22.2. The Kier molecular flexibility index (Phi) is 21.6. The third kappa shape index (κ3) is 15.4. The van der Waals surface area contributed by atoms with E-state index in [1.165, 1.54) is 86.7 Å². The van der Waals surface area contributed by atoms with E-state index in [1.54, 1.807) is 0 Å². The van der Waals surface area contributed by atoms with Crippen molar-refractivity contribution in [3.63, 3.8) is 0 Å². The molecule has 0 spiro atoms. The van der Waals surface area contributed by atoms with Gasteiger partial charge in [-0.3, -0.25) is 14.1 Å². The Bertz CT molecular complexity index is 9240. The first-order valence-electron chi connectivity index (χ1n) is 50.5. The SMILES string of the molecule is c1ccc(-c2cc(-c3ccccc3)cc(-c3nc(-n4c5ccccc5c5ccccc54)cc(-n4c5ccccc5c5ccccc54)n3)c2)cc1.c1ccc(-c2ccc(-c3ncc(-c4cc(-n5c6ccccc6c6ccccc65)cc(-n5c6ccccc6c6ccccc65)c4)cn3)cc2)nc1.c1ccc(-c2nc(-c3ccccc3)nc(-c3cc(-n4c5ccccc5c5ccccc54)cc(-n4c5ccccc5c5ccccc54)c3)n2)cc1. The number of pyridine rings is 1. The Hall–Kier alpha value is -20.5. The van der Waals surface area contributed by atoms with Crippen molar-refractivity contribution in [3.05, 3.63) is 534 Å². The molecule has 0 unspecified atom stereocenters. The largest absolute Gasteiger partial charge is 0.309 e. The summed E-state index contributed by atoms with van der Waals surface area (Å²) in [5.74, 6) is 4.86. The molecule has 702 valence electrons. The summed E-state index contributed by atoms with van der Waals surface area (Å²) in [5.41, 5.74) is 31.1. The van der Waals surface area contributed by atoms with Crippen LogP contribution in [0.5, 0.6) is 0 Å². The Morgan fingerprint density at radius 2 is 0.347 bits per heavy atom. The van der Waals surface area contributed by atoms with Gasteiger partial charge in [0, 0.05) is 151 Å². The van der Waals surface area contributed by atoms with Crippen LogP contribution in [0.3, 0.4) is 0 Å². The van der Waals surface area contributed by atoms with Crippen LogP contribution < -0.4 is 0 Å². The molecule has 14 nitrogen and oxygen atoms in total. The molecule has 0 fully saturated rings. The molecule has 0 N–H and O–H groups in total. The molecular formula is C136H88N14. The van der Waals surface area contributed by atoms with Crippen LogP contribution in [0.1, 0.15) is 0 Å². The van der Waals surface area contributed by atoms with Gasteiger partial charge in [-0.2, -0.15) is 0 Å². The Labute approximate surface area is 862 Å². The van der Waals surface area contributed by atoms with Crippen LogP contribution in [0.25, 0.3) is 267 Å². The number of benzene rings is 20. The topological polar surface area (TPSA) is 133 Å². The first-order valence-corrected chi connectivity index (χ1v) is 50.5. The van der Waals surface area contributed by atoms with Crippen LogP contribution >= 0.6 is 0 Å². The second-order valence-corrected chi connectivity index (χ2v) is 37.8. The average Bonchev–Trinajstić information content (AvgIpc) is 1.54. The van der Waals surface area contributed by atoms with Crippen LogP contribution in [0.15, 0.2) is 534 Å². The maximum atomic E-state index is 5.42. The van der Waals surface area contributed by atoms with Crippen molar-refractivity contribution in [1.82, 2.24) is 67.3 Å². The van der Waals surface area contributed by atoms with Gasteiger partial charge < -0.3 is 18.3 Å². The number of nitrogens with zero attached hydrogens (tertiary/aromatic N) is 14. The van der Waals surface area contributed by atoms with Gasteiger partial charge in [-0.1, -0.05) is 370 Å². The second kappa shape index (κ2) is 37.0. The van der Waals surface area contributed by atoms with Gasteiger partial charge in [-0.15, -0.1) is 0 Å². The van der Waals surface area contributed by atoms with E-state index in [1.807, 2.05) is 97.5 Å². The predicted molar refractivity (Wildman–Crippen MR) is 617 cm³/mol. The van der Waals surface area contributed by atoms with E-state index < -0.39 is 0 Å². The summed E-state index contributed by atoms with van der Waals surface area (Å²) in [6.45, 7) is 0. The summed E-state index contributed by atoms with van der Waals surface area (Å²) in [4.78, 5) is 40.4. The lowest BCUT2D eigenvalue weighted by Gasteiger charge is -2.16. The van der Waals surface area contributed by atoms with Crippen molar-refractivity contribution in [2.24, 2.45) is 0 Å². The van der Waals surface area contributed by atoms with Crippen LogP contribution in [0, 0.1) is 0 Å². The lowest BCUT2D eigenvalue weighted by atomic mass is 9.96. The van der Waals surface area contributed by atoms with Gasteiger partial charge in [0.05, 0.1) is 71.9 Å². The highest BCUT2D eigenvalue weighted by molar-refractivity contribution is 6.15. The third-order valence-electron chi connectivity index (χ3n) is 28.9. The fourth-order valence-electron chi connectivity index (χ4n) is 22.2. The zero-order valence-electron chi connectivity index (χ0n) is 81.1. The fraction of sp³-hybridized carbons (Fsp3) is 0. The minimum Gasteiger partial charge on any atom is -0.309 e. The summed E-state index contributed by atoms with van der Waals surface area (Å²) in [6.07, 6.45) is 5.69. The molecule has 0 saturated carbocycles. The quantitative estimate of drug-likeness (QED) is 0.0991. The number of rotatable bonds is 15. The van der Waals surface area contributed by atoms with Crippen molar-refractivity contribution >= 4 is 131 Å². The molecule has 20 aromatic carbocycles. The lowest BCUT2D eigenvalue weighted by Crippen LogP contribution is -2.06. The Morgan fingerprint density at radius 3 is 0.640 bits per heavy atom. The first-order chi connectivity index (χ1) is 74.4. The van der Waals surface area contributed by atoms with Gasteiger partial charge >= 0.3 is 0 Å². The van der Waals surface area contributed by atoms with E-state index >= 15 is 0 Å². The predicted octanol–water partition coefficient (Wildman–Crippen LogP) is 33.8. The molecule has 0 saturated heterocycles. The highest BCUT2D eigenvalue weighted by Gasteiger charge is 2.26. The smallest absolute Gasteiger partial charge is 0.164 e. The highest BCUT2D eigenvalue weighted by atomic mass is 15.2. The molecule has 0 aliphatic rings. The van der Waals surface area contributed by atoms with Gasteiger partial charge in [-0.05, 0) is 167 Å². The van der Waals surface area contributed by atoms with E-state index in [0.29, 0.717) is 29.1 Å². The van der Waals surface area contributed by atoms with Crippen LogP contribution in [0.2, 0.25) is 0 Å². The van der Waals surface area contributed by atoms with Crippen molar-refractivity contribution in [3.8, 4) is 136 Å². The van der Waals surface area contributed by atoms with E-state index in [-0.39, 0.29) is 0 Å². The molecule has 10 heterocycles. The van der Waals surface area contributed by atoms with Crippen molar-refractivity contribution in [2.75, 3.05) is 0 Å². The normalized spacial score (nSPS) is 11.6. The average molecular weight is 1920 g/mol. The van der Waals surface area contributed by atoms with Gasteiger partial charge in [0.2, 0.25) is 0 Å². The zero-order chi connectivity index (χ0) is 99.1. The van der Waals surface area contributed by atoms with Crippen molar-refractivity contribution < 1.29 is 0 Å². The van der Waals surface area contributed by atoms with Gasteiger partial charge in [-0.25, -0.2) is 34.9 Å². The lowest BCUT2D eigenvalue weighted by molar-refractivity contribution is 0.994. The number of para-hydroxylation sites is 12. The minimum atomic E-state index is 0.613. The molecular weight excluding hydrogens is 1830 g/mol. The molecule has 30 rings (SSSR count). The zero-order valence-corrected chi connectivity index (χ0v) is 81.1. The molecule has 14 heteroatoms. The number of hydrogen-bond donors (Lipinski definition) is 0. The molecule has 0 aliphatic heterocycles. The summed E-state index contributed by atoms with van der Waals surface area (Å²) < 4.78 is 14.1. The molecule has 10 aromatic heterocycles. The standard InChI is InChI=1S/C46H30N4.2C45H29N5/c1-3-15-31(16-4-1)33-27-34(32-17-5-2-6-18-32)29-35(28-33)46-47-44(49-40-23-11-7-19-36(40)37-20-8-12-24-41(37)49)30-45(48-46)50-42-25-13-9-21-38(42)39-22-10-14-26-43(39)50;1-5-16-41-36(11-1)37-12-2-6-17-42(37)49(41)34-25-32(26-35(27-34)50-43-18-7-3-13-38(43)39-14-4-8-19-44(39)50)33-28-47-45(48-29-33)31-22-20-30(21-23-31)40-15-9-10-24-46-40;1-3-15-30(16-4-1)43-46-44(31-17-5-2-6-18-31)48-45(47-43)32-27-33(49-39-23-11-7-19-35(39)36-20-8-12-24-40(36)49)29-34(28-32)50-41-25-13-9-21-37(41)38-22-10-14-26-42(38)50/h1-30H;2*1-29H. The van der Waals surface area contributed by atoms with Crippen LogP contribution in [0.4, 0.5) is 0 Å². The summed E-state index contributed by atoms with van der Waals surface area (Å²) in [7, 11) is 0. The Balaban J connectivity index is 0.000000108. The van der Waals surface area contributed by atoms with E-state index in [2.05, 4.69) is 469 Å². The van der Waals surface area contributed by atoms with Crippen molar-refractivity contribution in [1.29, 1.82) is 0 Å². The minimum absolute atomic E-state index is 0.613. The van der Waals surface area contributed by atoms with Gasteiger partial charge in [0.15, 0.2) is 29.1 Å². The van der Waals surface area contributed by atoms with E-state index in [0.717, 1.165) is 151 Å². The van der Waals surface area contributed by atoms with Crippen LogP contribution in [-0.4, -0.2) is 67.3 Å². The third-order valence-corrected chi connectivity index (χ3v) is 28.9. The first kappa shape index (κ1) is 87.3. The van der Waals surface area contributed by atoms with Gasteiger partial charge in [0.1, 0.15) is 11.6 Å². The molecule has 30 aromatic rings. The maximum absolute atomic E-state index is 5.42.